The lowest BCUT2D eigenvalue weighted by molar-refractivity contribution is -0.168. The van der Waals surface area contributed by atoms with Gasteiger partial charge in [-0.05, 0) is 19.4 Å². The van der Waals surface area contributed by atoms with E-state index in [1.165, 1.54) is 11.3 Å². The van der Waals surface area contributed by atoms with Crippen LogP contribution in [0.4, 0.5) is 17.6 Å². The predicted octanol–water partition coefficient (Wildman–Crippen LogP) is 3.37. The lowest BCUT2D eigenvalue weighted by atomic mass is 10.0. The average Bonchev–Trinajstić information content (AvgIpc) is 2.88. The van der Waals surface area contributed by atoms with Gasteiger partial charge in [0.05, 0.1) is 18.3 Å². The molecule has 2 rings (SSSR count). The molecule has 1 atom stereocenters. The van der Waals surface area contributed by atoms with Gasteiger partial charge < -0.3 is 10.1 Å². The van der Waals surface area contributed by atoms with E-state index in [4.69, 9.17) is 0 Å². The number of hydrogen-bond acceptors (Lipinski definition) is 4. The van der Waals surface area contributed by atoms with E-state index in [1.54, 1.807) is 0 Å². The first-order valence-corrected chi connectivity index (χ1v) is 7.28. The molecule has 1 saturated heterocycles. The van der Waals surface area contributed by atoms with Crippen LogP contribution in [0.5, 0.6) is 0 Å². The summed E-state index contributed by atoms with van der Waals surface area (Å²) < 4.78 is 53.8. The van der Waals surface area contributed by atoms with E-state index in [2.05, 4.69) is 15.0 Å². The summed E-state index contributed by atoms with van der Waals surface area (Å²) in [5.74, 6) is -4.11. The summed E-state index contributed by atoms with van der Waals surface area (Å²) in [7, 11) is 0. The Morgan fingerprint density at radius 2 is 2.25 bits per heavy atom. The topological polar surface area (TPSA) is 34.1 Å². The Morgan fingerprint density at radius 3 is 2.90 bits per heavy atom. The Balaban J connectivity index is 1.81. The van der Waals surface area contributed by atoms with Crippen molar-refractivity contribution >= 4 is 11.3 Å². The van der Waals surface area contributed by atoms with Gasteiger partial charge in [0.2, 0.25) is 0 Å². The SMILES string of the molecule is FC(F)C(F)(F)COCc1nc(C2CCCCN2)cs1. The fourth-order valence-corrected chi connectivity index (χ4v) is 2.78. The Labute approximate surface area is 118 Å². The lowest BCUT2D eigenvalue weighted by Gasteiger charge is -2.21. The molecule has 3 nitrogen and oxygen atoms in total. The van der Waals surface area contributed by atoms with E-state index in [9.17, 15) is 17.6 Å². The molecule has 1 fully saturated rings. The fourth-order valence-electron chi connectivity index (χ4n) is 1.99. The van der Waals surface area contributed by atoms with Crippen molar-refractivity contribution in [3.05, 3.63) is 16.1 Å². The highest BCUT2D eigenvalue weighted by Crippen LogP contribution is 2.26. The molecule has 1 unspecified atom stereocenters. The third-order valence-corrected chi connectivity index (χ3v) is 3.92. The van der Waals surface area contributed by atoms with Crippen LogP contribution in [0.1, 0.15) is 36.0 Å². The van der Waals surface area contributed by atoms with Crippen LogP contribution in [0.3, 0.4) is 0 Å². The molecule has 0 radical (unpaired) electrons. The van der Waals surface area contributed by atoms with E-state index in [0.29, 0.717) is 5.01 Å². The molecular weight excluding hydrogens is 296 g/mol. The van der Waals surface area contributed by atoms with Gasteiger partial charge in [-0.25, -0.2) is 13.8 Å². The Kier molecular flexibility index (Phi) is 5.34. The molecule has 1 aliphatic rings. The van der Waals surface area contributed by atoms with Gasteiger partial charge in [0, 0.05) is 5.38 Å². The summed E-state index contributed by atoms with van der Waals surface area (Å²) in [6.45, 7) is -0.518. The van der Waals surface area contributed by atoms with Gasteiger partial charge in [0.25, 0.3) is 0 Å². The highest BCUT2D eigenvalue weighted by molar-refractivity contribution is 7.09. The van der Waals surface area contributed by atoms with Crippen LogP contribution >= 0.6 is 11.3 Å². The van der Waals surface area contributed by atoms with Crippen molar-refractivity contribution in [2.45, 2.75) is 44.3 Å². The highest BCUT2D eigenvalue weighted by Gasteiger charge is 2.41. The first-order valence-electron chi connectivity index (χ1n) is 6.40. The number of aromatic nitrogens is 1. The van der Waals surface area contributed by atoms with E-state index < -0.39 is 19.0 Å². The summed E-state index contributed by atoms with van der Waals surface area (Å²) in [6, 6.07) is 0.191. The first-order chi connectivity index (χ1) is 9.49. The Hall–Kier alpha value is -0.730. The third-order valence-electron chi connectivity index (χ3n) is 3.08. The molecule has 0 spiro atoms. The highest BCUT2D eigenvalue weighted by atomic mass is 32.1. The summed E-state index contributed by atoms with van der Waals surface area (Å²) >= 11 is 1.29. The van der Waals surface area contributed by atoms with Gasteiger partial charge >= 0.3 is 12.3 Å². The number of alkyl halides is 4. The van der Waals surface area contributed by atoms with Crippen molar-refractivity contribution in [2.24, 2.45) is 0 Å². The number of nitrogens with one attached hydrogen (secondary N) is 1. The summed E-state index contributed by atoms with van der Waals surface area (Å²) in [5.41, 5.74) is 0.869. The Bertz CT molecular complexity index is 421. The van der Waals surface area contributed by atoms with Gasteiger partial charge in [-0.3, -0.25) is 0 Å². The zero-order chi connectivity index (χ0) is 14.6. The molecule has 1 aliphatic heterocycles. The van der Waals surface area contributed by atoms with Crippen LogP contribution in [0.15, 0.2) is 5.38 Å². The maximum atomic E-state index is 12.6. The van der Waals surface area contributed by atoms with E-state index in [0.717, 1.165) is 31.5 Å². The van der Waals surface area contributed by atoms with Gasteiger partial charge in [0.15, 0.2) is 0 Å². The van der Waals surface area contributed by atoms with Gasteiger partial charge in [0.1, 0.15) is 11.6 Å². The molecule has 0 aliphatic carbocycles. The normalized spacial score (nSPS) is 20.6. The van der Waals surface area contributed by atoms with Crippen molar-refractivity contribution in [3.63, 3.8) is 0 Å². The van der Waals surface area contributed by atoms with Crippen LogP contribution in [-0.2, 0) is 11.3 Å². The van der Waals surface area contributed by atoms with Crippen LogP contribution in [0.25, 0.3) is 0 Å². The standard InChI is InChI=1S/C12H16F4N2OS/c13-11(14)12(15,16)7-19-5-10-18-9(6-20-10)8-3-1-2-4-17-8/h6,8,11,17H,1-5,7H2. The molecule has 0 bridgehead atoms. The summed E-state index contributed by atoms with van der Waals surface area (Å²) in [4.78, 5) is 4.30. The fraction of sp³-hybridized carbons (Fsp3) is 0.750. The van der Waals surface area contributed by atoms with Gasteiger partial charge in [-0.1, -0.05) is 6.42 Å². The molecule has 0 aromatic carbocycles. The largest absolute Gasteiger partial charge is 0.368 e. The quantitative estimate of drug-likeness (QED) is 0.818. The summed E-state index contributed by atoms with van der Waals surface area (Å²) in [6.07, 6.45) is -0.449. The number of ether oxygens (including phenoxy) is 1. The zero-order valence-electron chi connectivity index (χ0n) is 10.8. The van der Waals surface area contributed by atoms with Crippen LogP contribution in [0.2, 0.25) is 0 Å². The van der Waals surface area contributed by atoms with Crippen LogP contribution in [0, 0.1) is 0 Å². The number of thiazole rings is 1. The minimum absolute atomic E-state index is 0.167. The van der Waals surface area contributed by atoms with Crippen LogP contribution < -0.4 is 5.32 Å². The Morgan fingerprint density at radius 1 is 1.45 bits per heavy atom. The minimum atomic E-state index is -4.11. The smallest absolute Gasteiger partial charge is 0.330 e. The molecular formula is C12H16F4N2OS. The first kappa shape index (κ1) is 15.7. The number of halogens is 4. The van der Waals surface area contributed by atoms with Crippen molar-refractivity contribution in [2.75, 3.05) is 13.2 Å². The molecule has 1 aromatic heterocycles. The van der Waals surface area contributed by atoms with E-state index >= 15 is 0 Å². The van der Waals surface area contributed by atoms with Gasteiger partial charge in [-0.15, -0.1) is 11.3 Å². The molecule has 114 valence electrons. The molecule has 8 heteroatoms. The number of nitrogens with zero attached hydrogens (tertiary/aromatic N) is 1. The molecule has 1 N–H and O–H groups in total. The summed E-state index contributed by atoms with van der Waals surface area (Å²) in [5, 5.41) is 5.71. The maximum absolute atomic E-state index is 12.6. The van der Waals surface area contributed by atoms with E-state index in [-0.39, 0.29) is 12.6 Å². The molecule has 0 amide bonds. The predicted molar refractivity (Wildman–Crippen MR) is 67.3 cm³/mol. The molecule has 0 saturated carbocycles. The average molecular weight is 312 g/mol. The monoisotopic (exact) mass is 312 g/mol. The number of piperidine rings is 1. The van der Waals surface area contributed by atoms with Crippen molar-refractivity contribution in [1.82, 2.24) is 10.3 Å². The second kappa shape index (κ2) is 6.82. The van der Waals surface area contributed by atoms with Crippen LogP contribution in [-0.4, -0.2) is 30.5 Å². The van der Waals surface area contributed by atoms with Crippen molar-refractivity contribution < 1.29 is 22.3 Å². The van der Waals surface area contributed by atoms with E-state index in [1.807, 2.05) is 5.38 Å². The second-order valence-corrected chi connectivity index (χ2v) is 5.67. The van der Waals surface area contributed by atoms with Gasteiger partial charge in [-0.2, -0.15) is 8.78 Å². The number of rotatable bonds is 6. The third kappa shape index (κ3) is 4.13. The minimum Gasteiger partial charge on any atom is -0.368 e. The maximum Gasteiger partial charge on any atom is 0.330 e. The number of hydrogen-bond donors (Lipinski definition) is 1. The molecule has 1 aromatic rings. The lowest BCUT2D eigenvalue weighted by Crippen LogP contribution is -2.32. The zero-order valence-corrected chi connectivity index (χ0v) is 11.6. The molecule has 2 heterocycles. The van der Waals surface area contributed by atoms with Crippen molar-refractivity contribution in [1.29, 1.82) is 0 Å². The second-order valence-electron chi connectivity index (χ2n) is 4.72. The van der Waals surface area contributed by atoms with Crippen molar-refractivity contribution in [3.8, 4) is 0 Å². The molecule has 20 heavy (non-hydrogen) atoms.